The zero-order valence-corrected chi connectivity index (χ0v) is 7.80. The van der Waals surface area contributed by atoms with Gasteiger partial charge in [0.1, 0.15) is 0 Å². The van der Waals surface area contributed by atoms with Crippen molar-refractivity contribution in [1.82, 2.24) is 5.32 Å². The minimum atomic E-state index is -0.148. The summed E-state index contributed by atoms with van der Waals surface area (Å²) in [5, 5.41) is 14.7. The fourth-order valence-corrected chi connectivity index (χ4v) is 0.839. The van der Waals surface area contributed by atoms with Gasteiger partial charge in [-0.3, -0.25) is 0 Å². The molecule has 0 radical (unpaired) electrons. The second-order valence-corrected chi connectivity index (χ2v) is 2.92. The standard InChI is InChI=1S/C7H14ClN3O/c1-3-6(7(9)11-12)10-4-5(2)8/h6,10,12H,2-4H2,1H3,(H2,9,11). The Hall–Kier alpha value is -0.740. The maximum atomic E-state index is 8.37. The summed E-state index contributed by atoms with van der Waals surface area (Å²) in [5.74, 6) is 0.162. The van der Waals surface area contributed by atoms with Gasteiger partial charge in [0.2, 0.25) is 0 Å². The van der Waals surface area contributed by atoms with E-state index >= 15 is 0 Å². The zero-order chi connectivity index (χ0) is 9.56. The molecule has 4 nitrogen and oxygen atoms in total. The van der Waals surface area contributed by atoms with Crippen molar-refractivity contribution < 1.29 is 5.21 Å². The predicted molar refractivity (Wildman–Crippen MR) is 50.5 cm³/mol. The summed E-state index contributed by atoms with van der Waals surface area (Å²) in [6.45, 7) is 5.88. The number of nitrogens with two attached hydrogens (primary N) is 1. The van der Waals surface area contributed by atoms with Gasteiger partial charge in [0, 0.05) is 11.6 Å². The van der Waals surface area contributed by atoms with Gasteiger partial charge in [-0.15, -0.1) is 0 Å². The van der Waals surface area contributed by atoms with Crippen molar-refractivity contribution in [2.24, 2.45) is 10.9 Å². The zero-order valence-electron chi connectivity index (χ0n) is 7.05. The number of hydrogen-bond acceptors (Lipinski definition) is 3. The third kappa shape index (κ3) is 4.20. The van der Waals surface area contributed by atoms with Crippen LogP contribution in [0.3, 0.4) is 0 Å². The molecule has 0 aliphatic carbocycles. The SMILES string of the molecule is C=C(Cl)CNC(CC)C(N)=NO. The van der Waals surface area contributed by atoms with Crippen LogP contribution >= 0.6 is 11.6 Å². The monoisotopic (exact) mass is 191 g/mol. The first-order chi connectivity index (χ1) is 5.61. The summed E-state index contributed by atoms with van der Waals surface area (Å²) < 4.78 is 0. The third-order valence-corrected chi connectivity index (χ3v) is 1.55. The Kier molecular flexibility index (Phi) is 5.49. The Bertz CT molecular complexity index is 181. The highest BCUT2D eigenvalue weighted by molar-refractivity contribution is 6.29. The topological polar surface area (TPSA) is 70.6 Å². The summed E-state index contributed by atoms with van der Waals surface area (Å²) in [4.78, 5) is 0. The Morgan fingerprint density at radius 2 is 2.42 bits per heavy atom. The molecule has 0 aliphatic heterocycles. The van der Waals surface area contributed by atoms with E-state index in [4.69, 9.17) is 22.5 Å². The fourth-order valence-electron chi connectivity index (χ4n) is 0.762. The van der Waals surface area contributed by atoms with E-state index in [9.17, 15) is 0 Å². The number of nitrogens with one attached hydrogen (secondary N) is 1. The Labute approximate surface area is 77.1 Å². The molecular formula is C7H14ClN3O. The summed E-state index contributed by atoms with van der Waals surface area (Å²) in [5.41, 5.74) is 5.38. The summed E-state index contributed by atoms with van der Waals surface area (Å²) in [6, 6.07) is -0.148. The lowest BCUT2D eigenvalue weighted by Gasteiger charge is -2.14. The number of nitrogens with zero attached hydrogens (tertiary/aromatic N) is 1. The smallest absolute Gasteiger partial charge is 0.156 e. The highest BCUT2D eigenvalue weighted by atomic mass is 35.5. The van der Waals surface area contributed by atoms with E-state index in [1.165, 1.54) is 0 Å². The molecule has 1 atom stereocenters. The van der Waals surface area contributed by atoms with Gasteiger partial charge in [-0.1, -0.05) is 30.3 Å². The molecule has 0 bridgehead atoms. The molecule has 4 N–H and O–H groups in total. The van der Waals surface area contributed by atoms with E-state index in [1.54, 1.807) is 0 Å². The van der Waals surface area contributed by atoms with Gasteiger partial charge in [-0.25, -0.2) is 0 Å². The van der Waals surface area contributed by atoms with Crippen LogP contribution in [0.1, 0.15) is 13.3 Å². The average molecular weight is 192 g/mol. The molecule has 0 aromatic rings. The van der Waals surface area contributed by atoms with Gasteiger partial charge in [0.15, 0.2) is 5.84 Å². The van der Waals surface area contributed by atoms with Crippen LogP contribution in [0.4, 0.5) is 0 Å². The fraction of sp³-hybridized carbons (Fsp3) is 0.571. The van der Waals surface area contributed by atoms with Gasteiger partial charge in [-0.05, 0) is 6.42 Å². The molecule has 0 amide bonds. The molecular weight excluding hydrogens is 178 g/mol. The van der Waals surface area contributed by atoms with Gasteiger partial charge >= 0.3 is 0 Å². The third-order valence-electron chi connectivity index (χ3n) is 1.42. The minimum Gasteiger partial charge on any atom is -0.409 e. The molecule has 0 heterocycles. The average Bonchev–Trinajstić information content (AvgIpc) is 2.04. The maximum Gasteiger partial charge on any atom is 0.156 e. The highest BCUT2D eigenvalue weighted by Gasteiger charge is 2.09. The Morgan fingerprint density at radius 1 is 1.83 bits per heavy atom. The highest BCUT2D eigenvalue weighted by Crippen LogP contribution is 1.96. The first-order valence-electron chi connectivity index (χ1n) is 3.65. The lowest BCUT2D eigenvalue weighted by atomic mass is 10.2. The second-order valence-electron chi connectivity index (χ2n) is 2.38. The summed E-state index contributed by atoms with van der Waals surface area (Å²) >= 11 is 5.53. The van der Waals surface area contributed by atoms with E-state index in [-0.39, 0.29) is 11.9 Å². The summed E-state index contributed by atoms with van der Waals surface area (Å²) in [6.07, 6.45) is 0.736. The molecule has 1 unspecified atom stereocenters. The van der Waals surface area contributed by atoms with Gasteiger partial charge in [-0.2, -0.15) is 0 Å². The minimum absolute atomic E-state index is 0.148. The number of rotatable bonds is 5. The molecule has 0 rings (SSSR count). The normalized spacial score (nSPS) is 14.3. The number of oxime groups is 1. The Balaban J connectivity index is 3.92. The lowest BCUT2D eigenvalue weighted by molar-refractivity contribution is 0.314. The molecule has 5 heteroatoms. The molecule has 0 fully saturated rings. The first kappa shape index (κ1) is 11.3. The van der Waals surface area contributed by atoms with Crippen molar-refractivity contribution in [2.45, 2.75) is 19.4 Å². The Morgan fingerprint density at radius 3 is 2.75 bits per heavy atom. The van der Waals surface area contributed by atoms with Crippen LogP contribution < -0.4 is 11.1 Å². The van der Waals surface area contributed by atoms with Crippen molar-refractivity contribution in [3.63, 3.8) is 0 Å². The molecule has 70 valence electrons. The van der Waals surface area contributed by atoms with Crippen LogP contribution in [0.15, 0.2) is 16.8 Å². The molecule has 0 aromatic carbocycles. The van der Waals surface area contributed by atoms with E-state index in [2.05, 4.69) is 17.1 Å². The van der Waals surface area contributed by atoms with E-state index in [0.29, 0.717) is 11.6 Å². The predicted octanol–water partition coefficient (Wildman–Crippen LogP) is 0.854. The van der Waals surface area contributed by atoms with Crippen LogP contribution in [0.25, 0.3) is 0 Å². The van der Waals surface area contributed by atoms with E-state index < -0.39 is 0 Å². The summed E-state index contributed by atoms with van der Waals surface area (Å²) in [7, 11) is 0. The van der Waals surface area contributed by atoms with Crippen LogP contribution in [0.5, 0.6) is 0 Å². The first-order valence-corrected chi connectivity index (χ1v) is 4.03. The number of halogens is 1. The van der Waals surface area contributed by atoms with Crippen molar-refractivity contribution in [3.05, 3.63) is 11.6 Å². The second kappa shape index (κ2) is 5.85. The van der Waals surface area contributed by atoms with Gasteiger partial charge < -0.3 is 16.3 Å². The van der Waals surface area contributed by atoms with Crippen molar-refractivity contribution in [3.8, 4) is 0 Å². The lowest BCUT2D eigenvalue weighted by Crippen LogP contribution is -2.41. The van der Waals surface area contributed by atoms with Crippen LogP contribution in [-0.2, 0) is 0 Å². The molecule has 0 saturated carbocycles. The molecule has 0 spiro atoms. The van der Waals surface area contributed by atoms with Crippen LogP contribution in [0.2, 0.25) is 0 Å². The number of hydrogen-bond donors (Lipinski definition) is 3. The molecule has 0 aromatic heterocycles. The van der Waals surface area contributed by atoms with E-state index in [1.807, 2.05) is 6.92 Å². The van der Waals surface area contributed by atoms with Gasteiger partial charge in [0.05, 0.1) is 6.04 Å². The number of amidine groups is 1. The van der Waals surface area contributed by atoms with Crippen LogP contribution in [-0.4, -0.2) is 23.6 Å². The van der Waals surface area contributed by atoms with Crippen molar-refractivity contribution in [2.75, 3.05) is 6.54 Å². The maximum absolute atomic E-state index is 8.37. The van der Waals surface area contributed by atoms with Crippen molar-refractivity contribution >= 4 is 17.4 Å². The van der Waals surface area contributed by atoms with Crippen molar-refractivity contribution in [1.29, 1.82) is 0 Å². The van der Waals surface area contributed by atoms with Crippen LogP contribution in [0, 0.1) is 0 Å². The molecule has 0 aliphatic rings. The van der Waals surface area contributed by atoms with E-state index in [0.717, 1.165) is 6.42 Å². The molecule has 0 saturated heterocycles. The molecule has 12 heavy (non-hydrogen) atoms. The largest absolute Gasteiger partial charge is 0.409 e. The van der Waals surface area contributed by atoms with Gasteiger partial charge in [0.25, 0.3) is 0 Å². The quantitative estimate of drug-likeness (QED) is 0.261.